The predicted octanol–water partition coefficient (Wildman–Crippen LogP) is -0.604. The van der Waals surface area contributed by atoms with Gasteiger partial charge in [0.1, 0.15) is 6.29 Å². The van der Waals surface area contributed by atoms with Gasteiger partial charge < -0.3 is 10.1 Å². The highest BCUT2D eigenvalue weighted by atomic mass is 16.2. The molecular weight excluding hydrogens is 156 g/mol. The van der Waals surface area contributed by atoms with E-state index in [9.17, 15) is 9.59 Å². The minimum Gasteiger partial charge on any atom is -0.352 e. The maximum Gasteiger partial charge on any atom is 0.234 e. The van der Waals surface area contributed by atoms with Crippen molar-refractivity contribution in [2.75, 3.05) is 20.1 Å². The number of carbonyl (C=O) groups is 2. The van der Waals surface area contributed by atoms with Crippen molar-refractivity contribution >= 4 is 12.2 Å². The van der Waals surface area contributed by atoms with E-state index in [1.807, 2.05) is 0 Å². The molecule has 0 aromatic rings. The average Bonchev–Trinajstić information content (AvgIpc) is 2.71. The van der Waals surface area contributed by atoms with Gasteiger partial charge in [-0.2, -0.15) is 0 Å². The lowest BCUT2D eigenvalue weighted by molar-refractivity contribution is -0.122. The molecule has 1 N–H and O–H groups in total. The standard InChI is InChI=1S/C8H14N2O2/c1-10(4-5-11)6-8(12)9-7-2-3-7/h5,7H,2-4,6H2,1H3,(H,9,12). The molecule has 0 saturated heterocycles. The molecule has 0 bridgehead atoms. The largest absolute Gasteiger partial charge is 0.352 e. The first kappa shape index (κ1) is 9.19. The van der Waals surface area contributed by atoms with E-state index in [1.165, 1.54) is 0 Å². The SMILES string of the molecule is CN(CC=O)CC(=O)NC1CC1. The highest BCUT2D eigenvalue weighted by molar-refractivity contribution is 5.78. The monoisotopic (exact) mass is 170 g/mol. The van der Waals surface area contributed by atoms with E-state index in [0.29, 0.717) is 19.1 Å². The lowest BCUT2D eigenvalue weighted by Crippen LogP contribution is -2.36. The summed E-state index contributed by atoms with van der Waals surface area (Å²) in [6.45, 7) is 0.632. The molecule has 0 atom stereocenters. The minimum absolute atomic E-state index is 0.0156. The molecule has 1 aliphatic rings. The number of hydrogen-bond acceptors (Lipinski definition) is 3. The highest BCUT2D eigenvalue weighted by Gasteiger charge is 2.23. The van der Waals surface area contributed by atoms with Crippen LogP contribution in [-0.2, 0) is 9.59 Å². The van der Waals surface area contributed by atoms with Crippen LogP contribution in [0.5, 0.6) is 0 Å². The van der Waals surface area contributed by atoms with Crippen LogP contribution >= 0.6 is 0 Å². The van der Waals surface area contributed by atoms with E-state index in [1.54, 1.807) is 11.9 Å². The van der Waals surface area contributed by atoms with Gasteiger partial charge in [0.2, 0.25) is 5.91 Å². The Morgan fingerprint density at radius 1 is 1.67 bits per heavy atom. The quantitative estimate of drug-likeness (QED) is 0.560. The van der Waals surface area contributed by atoms with E-state index >= 15 is 0 Å². The van der Waals surface area contributed by atoms with Gasteiger partial charge in [0.15, 0.2) is 0 Å². The summed E-state index contributed by atoms with van der Waals surface area (Å²) < 4.78 is 0. The second kappa shape index (κ2) is 4.21. The second-order valence-corrected chi connectivity index (χ2v) is 3.21. The third kappa shape index (κ3) is 3.48. The summed E-state index contributed by atoms with van der Waals surface area (Å²) in [5.74, 6) is 0.0156. The summed E-state index contributed by atoms with van der Waals surface area (Å²) in [5.41, 5.74) is 0. The predicted molar refractivity (Wildman–Crippen MR) is 44.7 cm³/mol. The van der Waals surface area contributed by atoms with Crippen LogP contribution in [0.25, 0.3) is 0 Å². The van der Waals surface area contributed by atoms with E-state index in [0.717, 1.165) is 19.1 Å². The van der Waals surface area contributed by atoms with Crippen molar-refractivity contribution in [2.45, 2.75) is 18.9 Å². The van der Waals surface area contributed by atoms with Crippen LogP contribution in [0.3, 0.4) is 0 Å². The molecule has 4 nitrogen and oxygen atoms in total. The van der Waals surface area contributed by atoms with E-state index in [2.05, 4.69) is 5.32 Å². The molecule has 68 valence electrons. The van der Waals surface area contributed by atoms with Crippen molar-refractivity contribution in [3.05, 3.63) is 0 Å². The molecule has 0 unspecified atom stereocenters. The summed E-state index contributed by atoms with van der Waals surface area (Å²) in [7, 11) is 1.75. The molecule has 0 aliphatic heterocycles. The van der Waals surface area contributed by atoms with Crippen LogP contribution in [0.15, 0.2) is 0 Å². The summed E-state index contributed by atoms with van der Waals surface area (Å²) in [5, 5.41) is 2.85. The van der Waals surface area contributed by atoms with E-state index in [-0.39, 0.29) is 5.91 Å². The van der Waals surface area contributed by atoms with Crippen molar-refractivity contribution < 1.29 is 9.59 Å². The number of rotatable bonds is 5. The summed E-state index contributed by atoms with van der Waals surface area (Å²) in [4.78, 5) is 22.9. The number of amides is 1. The van der Waals surface area contributed by atoms with Gasteiger partial charge >= 0.3 is 0 Å². The third-order valence-electron chi connectivity index (χ3n) is 1.74. The number of nitrogens with one attached hydrogen (secondary N) is 1. The molecular formula is C8H14N2O2. The summed E-state index contributed by atoms with van der Waals surface area (Å²) >= 11 is 0. The molecule has 0 heterocycles. The first-order valence-electron chi connectivity index (χ1n) is 4.14. The zero-order chi connectivity index (χ0) is 8.97. The van der Waals surface area contributed by atoms with Crippen molar-refractivity contribution in [3.8, 4) is 0 Å². The van der Waals surface area contributed by atoms with Gasteiger partial charge in [0, 0.05) is 6.04 Å². The van der Waals surface area contributed by atoms with Crippen LogP contribution in [0.1, 0.15) is 12.8 Å². The van der Waals surface area contributed by atoms with Gasteiger partial charge in [0.05, 0.1) is 13.1 Å². The van der Waals surface area contributed by atoms with Crippen LogP contribution in [0.2, 0.25) is 0 Å². The van der Waals surface area contributed by atoms with Crippen LogP contribution < -0.4 is 5.32 Å². The topological polar surface area (TPSA) is 49.4 Å². The fraction of sp³-hybridized carbons (Fsp3) is 0.750. The number of aldehydes is 1. The zero-order valence-corrected chi connectivity index (χ0v) is 7.25. The molecule has 1 fully saturated rings. The molecule has 0 radical (unpaired) electrons. The average molecular weight is 170 g/mol. The van der Waals surface area contributed by atoms with Gasteiger partial charge in [-0.3, -0.25) is 9.69 Å². The van der Waals surface area contributed by atoms with Gasteiger partial charge in [-0.1, -0.05) is 0 Å². The minimum atomic E-state index is 0.0156. The molecule has 0 spiro atoms. The van der Waals surface area contributed by atoms with E-state index < -0.39 is 0 Å². The van der Waals surface area contributed by atoms with Gasteiger partial charge in [-0.15, -0.1) is 0 Å². The van der Waals surface area contributed by atoms with Crippen molar-refractivity contribution in [3.63, 3.8) is 0 Å². The molecule has 0 aromatic heterocycles. The van der Waals surface area contributed by atoms with Crippen LogP contribution in [0.4, 0.5) is 0 Å². The zero-order valence-electron chi connectivity index (χ0n) is 7.25. The first-order chi connectivity index (χ1) is 5.72. The second-order valence-electron chi connectivity index (χ2n) is 3.21. The summed E-state index contributed by atoms with van der Waals surface area (Å²) in [6, 6.07) is 0.405. The molecule has 4 heteroatoms. The fourth-order valence-corrected chi connectivity index (χ4v) is 0.938. The number of likely N-dealkylation sites (N-methyl/N-ethyl adjacent to an activating group) is 1. The Labute approximate surface area is 71.9 Å². The Morgan fingerprint density at radius 2 is 2.33 bits per heavy atom. The van der Waals surface area contributed by atoms with Gasteiger partial charge in [-0.05, 0) is 19.9 Å². The van der Waals surface area contributed by atoms with Crippen molar-refractivity contribution in [1.82, 2.24) is 10.2 Å². The first-order valence-corrected chi connectivity index (χ1v) is 4.14. The number of hydrogen-bond donors (Lipinski definition) is 1. The van der Waals surface area contributed by atoms with Crippen molar-refractivity contribution in [2.24, 2.45) is 0 Å². The maximum absolute atomic E-state index is 11.1. The maximum atomic E-state index is 11.1. The third-order valence-corrected chi connectivity index (χ3v) is 1.74. The van der Waals surface area contributed by atoms with Crippen molar-refractivity contribution in [1.29, 1.82) is 0 Å². The molecule has 1 rings (SSSR count). The molecule has 1 aliphatic carbocycles. The van der Waals surface area contributed by atoms with Crippen LogP contribution in [0, 0.1) is 0 Å². The molecule has 1 amide bonds. The fourth-order valence-electron chi connectivity index (χ4n) is 0.938. The highest BCUT2D eigenvalue weighted by Crippen LogP contribution is 2.18. The molecule has 0 aromatic carbocycles. The Hall–Kier alpha value is -0.900. The lowest BCUT2D eigenvalue weighted by Gasteiger charge is -2.11. The Morgan fingerprint density at radius 3 is 2.83 bits per heavy atom. The molecule has 1 saturated carbocycles. The van der Waals surface area contributed by atoms with Gasteiger partial charge in [0.25, 0.3) is 0 Å². The van der Waals surface area contributed by atoms with Gasteiger partial charge in [-0.25, -0.2) is 0 Å². The summed E-state index contributed by atoms with van der Waals surface area (Å²) in [6.07, 6.45) is 3.00. The van der Waals surface area contributed by atoms with Crippen LogP contribution in [-0.4, -0.2) is 43.3 Å². The number of nitrogens with zero attached hydrogens (tertiary/aromatic N) is 1. The normalized spacial score (nSPS) is 16.2. The molecule has 12 heavy (non-hydrogen) atoms. The Bertz CT molecular complexity index is 178. The lowest BCUT2D eigenvalue weighted by atomic mass is 10.5. The smallest absolute Gasteiger partial charge is 0.234 e. The number of carbonyl (C=O) groups excluding carboxylic acids is 2. The Balaban J connectivity index is 2.10. The Kier molecular flexibility index (Phi) is 3.22. The van der Waals surface area contributed by atoms with E-state index in [4.69, 9.17) is 0 Å².